The van der Waals surface area contributed by atoms with Gasteiger partial charge in [0.25, 0.3) is 0 Å². The summed E-state index contributed by atoms with van der Waals surface area (Å²) in [7, 11) is 0. The molecule has 0 radical (unpaired) electrons. The van der Waals surface area contributed by atoms with Crippen molar-refractivity contribution in [3.63, 3.8) is 0 Å². The van der Waals surface area contributed by atoms with E-state index in [1.54, 1.807) is 0 Å². The summed E-state index contributed by atoms with van der Waals surface area (Å²) < 4.78 is 6.00. The Bertz CT molecular complexity index is 658. The van der Waals surface area contributed by atoms with E-state index in [0.717, 1.165) is 28.7 Å². The maximum atomic E-state index is 11.3. The molecule has 0 amide bonds. The Hall–Kier alpha value is -2.09. The van der Waals surface area contributed by atoms with E-state index >= 15 is 0 Å². The Balaban J connectivity index is 2.30. The second-order valence-electron chi connectivity index (χ2n) is 6.79. The monoisotopic (exact) mass is 296 g/mol. The molecule has 22 heavy (non-hydrogen) atoms. The topological polar surface area (TPSA) is 26.3 Å². The zero-order chi connectivity index (χ0) is 16.3. The molecule has 0 atom stereocenters. The van der Waals surface area contributed by atoms with Crippen LogP contribution in [-0.2, 0) is 12.0 Å². The molecular formula is C20H24O2. The molecule has 0 aliphatic rings. The molecule has 116 valence electrons. The first-order valence-corrected chi connectivity index (χ1v) is 7.60. The lowest BCUT2D eigenvalue weighted by Gasteiger charge is -2.21. The van der Waals surface area contributed by atoms with Gasteiger partial charge in [0.1, 0.15) is 18.6 Å². The first-order chi connectivity index (χ1) is 10.3. The van der Waals surface area contributed by atoms with Crippen molar-refractivity contribution >= 4 is 6.29 Å². The molecule has 0 aromatic heterocycles. The van der Waals surface area contributed by atoms with Gasteiger partial charge < -0.3 is 4.74 Å². The van der Waals surface area contributed by atoms with E-state index in [4.69, 9.17) is 4.74 Å². The van der Waals surface area contributed by atoms with E-state index in [1.165, 1.54) is 5.56 Å². The third-order valence-corrected chi connectivity index (χ3v) is 3.92. The fourth-order valence-corrected chi connectivity index (χ4v) is 2.49. The smallest absolute Gasteiger partial charge is 0.150 e. The van der Waals surface area contributed by atoms with Crippen LogP contribution in [0.3, 0.4) is 0 Å². The van der Waals surface area contributed by atoms with Gasteiger partial charge in [-0.05, 0) is 36.0 Å². The van der Waals surface area contributed by atoms with Crippen LogP contribution in [0.4, 0.5) is 0 Å². The number of hydrogen-bond donors (Lipinski definition) is 0. The van der Waals surface area contributed by atoms with Crippen molar-refractivity contribution in [2.75, 3.05) is 0 Å². The fourth-order valence-electron chi connectivity index (χ4n) is 2.49. The molecule has 2 nitrogen and oxygen atoms in total. The first-order valence-electron chi connectivity index (χ1n) is 7.60. The molecule has 0 aliphatic carbocycles. The Kier molecular flexibility index (Phi) is 4.70. The van der Waals surface area contributed by atoms with Crippen molar-refractivity contribution in [2.45, 2.75) is 46.6 Å². The number of carbonyl (C=O) groups excluding carboxylic acids is 1. The Labute approximate surface area is 133 Å². The molecule has 0 aliphatic heterocycles. The maximum absolute atomic E-state index is 11.3. The minimum Gasteiger partial charge on any atom is -0.488 e. The van der Waals surface area contributed by atoms with E-state index in [1.807, 2.05) is 44.2 Å². The van der Waals surface area contributed by atoms with Gasteiger partial charge in [0.05, 0.1) is 0 Å². The summed E-state index contributed by atoms with van der Waals surface area (Å²) in [6, 6.07) is 12.1. The third-order valence-electron chi connectivity index (χ3n) is 3.92. The minimum absolute atomic E-state index is 0.0503. The van der Waals surface area contributed by atoms with Crippen LogP contribution in [0.25, 0.3) is 0 Å². The van der Waals surface area contributed by atoms with Crippen LogP contribution in [0.5, 0.6) is 5.75 Å². The van der Waals surface area contributed by atoms with Crippen molar-refractivity contribution in [1.29, 1.82) is 0 Å². The van der Waals surface area contributed by atoms with Crippen molar-refractivity contribution < 1.29 is 9.53 Å². The Morgan fingerprint density at radius 3 is 2.23 bits per heavy atom. The summed E-state index contributed by atoms with van der Waals surface area (Å²) in [6.07, 6.45) is 0.899. The molecule has 0 heterocycles. The van der Waals surface area contributed by atoms with E-state index in [0.29, 0.717) is 12.2 Å². The van der Waals surface area contributed by atoms with Gasteiger partial charge in [-0.15, -0.1) is 0 Å². The standard InChI is InChI=1S/C20H24O2/c1-14-7-6-8-15(2)19(14)22-13-17-11-18(20(3,4)5)10-9-16(17)12-21/h6-12H,13H2,1-5H3. The molecule has 0 saturated carbocycles. The highest BCUT2D eigenvalue weighted by Crippen LogP contribution is 2.27. The van der Waals surface area contributed by atoms with Crippen molar-refractivity contribution in [3.8, 4) is 5.75 Å². The van der Waals surface area contributed by atoms with Gasteiger partial charge in [-0.2, -0.15) is 0 Å². The number of ether oxygens (including phenoxy) is 1. The minimum atomic E-state index is 0.0503. The zero-order valence-electron chi connectivity index (χ0n) is 14.1. The number of para-hydroxylation sites is 1. The van der Waals surface area contributed by atoms with Crippen molar-refractivity contribution in [1.82, 2.24) is 0 Å². The van der Waals surface area contributed by atoms with Crippen LogP contribution in [0.15, 0.2) is 36.4 Å². The van der Waals surface area contributed by atoms with Gasteiger partial charge in [0.15, 0.2) is 0 Å². The summed E-state index contributed by atoms with van der Waals surface area (Å²) in [4.78, 5) is 11.3. The van der Waals surface area contributed by atoms with Crippen LogP contribution in [-0.4, -0.2) is 6.29 Å². The fraction of sp³-hybridized carbons (Fsp3) is 0.350. The molecule has 0 saturated heterocycles. The molecule has 0 fully saturated rings. The van der Waals surface area contributed by atoms with E-state index in [-0.39, 0.29) is 5.41 Å². The molecular weight excluding hydrogens is 272 g/mol. The van der Waals surface area contributed by atoms with Crippen LogP contribution < -0.4 is 4.74 Å². The van der Waals surface area contributed by atoms with Gasteiger partial charge in [-0.3, -0.25) is 4.79 Å². The summed E-state index contributed by atoms with van der Waals surface area (Å²) in [5, 5.41) is 0. The Morgan fingerprint density at radius 2 is 1.68 bits per heavy atom. The molecule has 2 rings (SSSR count). The number of carbonyl (C=O) groups is 1. The lowest BCUT2D eigenvalue weighted by Crippen LogP contribution is -2.13. The molecule has 0 unspecified atom stereocenters. The average Bonchev–Trinajstić information content (AvgIpc) is 2.45. The van der Waals surface area contributed by atoms with Crippen LogP contribution in [0.2, 0.25) is 0 Å². The molecule has 2 aromatic carbocycles. The summed E-state index contributed by atoms with van der Waals surface area (Å²) in [6.45, 7) is 11.0. The molecule has 2 aromatic rings. The quantitative estimate of drug-likeness (QED) is 0.743. The second-order valence-corrected chi connectivity index (χ2v) is 6.79. The predicted molar refractivity (Wildman–Crippen MR) is 90.8 cm³/mol. The third kappa shape index (κ3) is 3.56. The molecule has 0 bridgehead atoms. The first kappa shape index (κ1) is 16.3. The van der Waals surface area contributed by atoms with Gasteiger partial charge in [0.2, 0.25) is 0 Å². The van der Waals surface area contributed by atoms with Gasteiger partial charge in [-0.1, -0.05) is 57.2 Å². The maximum Gasteiger partial charge on any atom is 0.150 e. The van der Waals surface area contributed by atoms with E-state index < -0.39 is 0 Å². The van der Waals surface area contributed by atoms with Crippen LogP contribution in [0.1, 0.15) is 53.4 Å². The largest absolute Gasteiger partial charge is 0.488 e. The highest BCUT2D eigenvalue weighted by molar-refractivity contribution is 5.77. The van der Waals surface area contributed by atoms with Crippen molar-refractivity contribution in [3.05, 3.63) is 64.2 Å². The highest BCUT2D eigenvalue weighted by atomic mass is 16.5. The number of hydrogen-bond acceptors (Lipinski definition) is 2. The number of aryl methyl sites for hydroxylation is 2. The predicted octanol–water partition coefficient (Wildman–Crippen LogP) is 4.99. The lowest BCUT2D eigenvalue weighted by molar-refractivity contribution is 0.112. The van der Waals surface area contributed by atoms with Crippen molar-refractivity contribution in [2.24, 2.45) is 0 Å². The molecule has 0 N–H and O–H groups in total. The number of aldehydes is 1. The van der Waals surface area contributed by atoms with Gasteiger partial charge in [0, 0.05) is 11.1 Å². The van der Waals surface area contributed by atoms with E-state index in [2.05, 4.69) is 26.8 Å². The highest BCUT2D eigenvalue weighted by Gasteiger charge is 2.16. The second kappa shape index (κ2) is 6.35. The normalized spacial score (nSPS) is 11.3. The summed E-state index contributed by atoms with van der Waals surface area (Å²) in [5.41, 5.74) is 5.11. The molecule has 0 spiro atoms. The summed E-state index contributed by atoms with van der Waals surface area (Å²) >= 11 is 0. The molecule has 2 heteroatoms. The average molecular weight is 296 g/mol. The van der Waals surface area contributed by atoms with Crippen LogP contribution in [0, 0.1) is 13.8 Å². The zero-order valence-corrected chi connectivity index (χ0v) is 14.1. The number of rotatable bonds is 4. The summed E-state index contributed by atoms with van der Waals surface area (Å²) in [5.74, 6) is 0.903. The Morgan fingerprint density at radius 1 is 1.05 bits per heavy atom. The number of benzene rings is 2. The van der Waals surface area contributed by atoms with E-state index in [9.17, 15) is 4.79 Å². The SMILES string of the molecule is Cc1cccc(C)c1OCc1cc(C(C)(C)C)ccc1C=O. The van der Waals surface area contributed by atoms with Gasteiger partial charge >= 0.3 is 0 Å². The van der Waals surface area contributed by atoms with Crippen LogP contribution >= 0.6 is 0 Å². The lowest BCUT2D eigenvalue weighted by atomic mass is 9.85. The van der Waals surface area contributed by atoms with Gasteiger partial charge in [-0.25, -0.2) is 0 Å².